The summed E-state index contributed by atoms with van der Waals surface area (Å²) in [5, 5.41) is 10.7. The number of aromatic nitrogens is 3. The third-order valence-electron chi connectivity index (χ3n) is 8.07. The number of pyridine rings is 1. The number of hydrogen-bond donors (Lipinski definition) is 2. The SMILES string of the molecule is COC(=O)c1ccc(Cn2c(C)cc(OCc3ccccc3CNC(=O)Nc3cc(C(C)(C)C)nn3-c3ccc(C)cc3)c(Br)c2=O)cc1. The van der Waals surface area contributed by atoms with Crippen LogP contribution in [0, 0.1) is 13.8 Å². The number of anilines is 1. The molecule has 3 aromatic carbocycles. The van der Waals surface area contributed by atoms with Crippen LogP contribution in [0.4, 0.5) is 10.6 Å². The second kappa shape index (κ2) is 14.9. The van der Waals surface area contributed by atoms with Crippen molar-refractivity contribution in [1.29, 1.82) is 0 Å². The molecule has 10 nitrogen and oxygen atoms in total. The first kappa shape index (κ1) is 35.2. The lowest BCUT2D eigenvalue weighted by Crippen LogP contribution is -2.29. The molecule has 0 aliphatic carbocycles. The molecule has 5 aromatic rings. The highest BCUT2D eigenvalue weighted by atomic mass is 79.9. The van der Waals surface area contributed by atoms with E-state index in [-0.39, 0.29) is 30.2 Å². The third-order valence-corrected chi connectivity index (χ3v) is 8.80. The second-order valence-corrected chi connectivity index (χ2v) is 13.6. The van der Waals surface area contributed by atoms with Gasteiger partial charge in [-0.05, 0) is 70.7 Å². The Morgan fingerprint density at radius 1 is 0.918 bits per heavy atom. The number of urea groups is 1. The van der Waals surface area contributed by atoms with E-state index in [2.05, 4.69) is 47.3 Å². The highest BCUT2D eigenvalue weighted by Crippen LogP contribution is 2.27. The Morgan fingerprint density at radius 3 is 2.24 bits per heavy atom. The first-order valence-corrected chi connectivity index (χ1v) is 16.6. The molecule has 0 atom stereocenters. The summed E-state index contributed by atoms with van der Waals surface area (Å²) in [6.45, 7) is 10.9. The number of hydrogen-bond acceptors (Lipinski definition) is 6. The molecule has 0 bridgehead atoms. The van der Waals surface area contributed by atoms with Crippen molar-refractivity contribution < 1.29 is 19.1 Å². The van der Waals surface area contributed by atoms with E-state index < -0.39 is 5.97 Å². The molecule has 0 spiro atoms. The fourth-order valence-corrected chi connectivity index (χ4v) is 5.59. The van der Waals surface area contributed by atoms with Crippen LogP contribution in [0.15, 0.2) is 94.2 Å². The van der Waals surface area contributed by atoms with Crippen LogP contribution in [0.25, 0.3) is 5.69 Å². The van der Waals surface area contributed by atoms with Gasteiger partial charge in [-0.25, -0.2) is 14.3 Å². The Labute approximate surface area is 294 Å². The van der Waals surface area contributed by atoms with Gasteiger partial charge in [0.25, 0.3) is 5.56 Å². The number of carbonyl (C=O) groups is 2. The average molecular weight is 727 g/mol. The molecule has 2 heterocycles. The number of amides is 2. The van der Waals surface area contributed by atoms with Crippen molar-refractivity contribution >= 4 is 33.7 Å². The molecule has 0 aliphatic rings. The molecule has 2 aromatic heterocycles. The first-order chi connectivity index (χ1) is 23.3. The quantitative estimate of drug-likeness (QED) is 0.145. The maximum absolute atomic E-state index is 13.3. The molecule has 2 amide bonds. The number of methoxy groups -OCH3 is 1. The minimum atomic E-state index is -0.415. The Bertz CT molecular complexity index is 2030. The zero-order valence-corrected chi connectivity index (χ0v) is 30.1. The number of halogens is 1. The number of benzene rings is 3. The molecule has 0 saturated carbocycles. The first-order valence-electron chi connectivity index (χ1n) is 15.8. The summed E-state index contributed by atoms with van der Waals surface area (Å²) in [5.41, 5.74) is 6.14. The van der Waals surface area contributed by atoms with Gasteiger partial charge in [-0.15, -0.1) is 0 Å². The van der Waals surface area contributed by atoms with Crippen molar-refractivity contribution in [3.63, 3.8) is 0 Å². The normalized spacial score (nSPS) is 11.2. The molecule has 5 rings (SSSR count). The summed E-state index contributed by atoms with van der Waals surface area (Å²) in [7, 11) is 1.34. The van der Waals surface area contributed by atoms with Gasteiger partial charge in [0.15, 0.2) is 0 Å². The van der Waals surface area contributed by atoms with E-state index in [1.807, 2.05) is 74.5 Å². The van der Waals surface area contributed by atoms with Gasteiger partial charge in [0.05, 0.1) is 30.6 Å². The molecule has 254 valence electrons. The monoisotopic (exact) mass is 725 g/mol. The largest absolute Gasteiger partial charge is 0.487 e. The van der Waals surface area contributed by atoms with E-state index in [9.17, 15) is 14.4 Å². The van der Waals surface area contributed by atoms with Crippen molar-refractivity contribution in [2.75, 3.05) is 12.4 Å². The predicted molar refractivity (Wildman–Crippen MR) is 194 cm³/mol. The lowest BCUT2D eigenvalue weighted by molar-refractivity contribution is 0.0600. The number of nitrogens with zero attached hydrogens (tertiary/aromatic N) is 3. The molecule has 0 unspecified atom stereocenters. The highest BCUT2D eigenvalue weighted by molar-refractivity contribution is 9.10. The van der Waals surface area contributed by atoms with Crippen molar-refractivity contribution in [3.05, 3.63) is 139 Å². The standard InChI is InChI=1S/C38H40BrN5O5/c1-24-11-17-30(18-12-24)44-33(20-32(42-44)38(3,4)5)41-37(47)40-21-28-9-7-8-10-29(28)23-49-31-19-25(2)43(35(45)34(31)39)22-26-13-15-27(16-14-26)36(46)48-6/h7-20H,21-23H2,1-6H3,(H2,40,41,47). The lowest BCUT2D eigenvalue weighted by atomic mass is 9.92. The van der Waals surface area contributed by atoms with Crippen molar-refractivity contribution in [3.8, 4) is 11.4 Å². The summed E-state index contributed by atoms with van der Waals surface area (Å²) in [5.74, 6) is 0.567. The number of rotatable bonds is 10. The summed E-state index contributed by atoms with van der Waals surface area (Å²) in [6.07, 6.45) is 0. The van der Waals surface area contributed by atoms with E-state index in [4.69, 9.17) is 14.6 Å². The van der Waals surface area contributed by atoms with E-state index in [0.29, 0.717) is 33.8 Å². The smallest absolute Gasteiger partial charge is 0.337 e. The second-order valence-electron chi connectivity index (χ2n) is 12.8. The van der Waals surface area contributed by atoms with Gasteiger partial charge in [-0.1, -0.05) is 74.9 Å². The summed E-state index contributed by atoms with van der Waals surface area (Å²) in [6, 6.07) is 25.9. The minimum Gasteiger partial charge on any atom is -0.487 e. The molecule has 0 saturated heterocycles. The number of aryl methyl sites for hydroxylation is 2. The van der Waals surface area contributed by atoms with Crippen LogP contribution in [0.5, 0.6) is 5.75 Å². The molecular formula is C38H40BrN5O5. The van der Waals surface area contributed by atoms with Gasteiger partial charge in [-0.2, -0.15) is 5.10 Å². The summed E-state index contributed by atoms with van der Waals surface area (Å²) < 4.78 is 14.6. The Morgan fingerprint density at radius 2 is 1.59 bits per heavy atom. The number of nitrogens with one attached hydrogen (secondary N) is 2. The molecule has 0 radical (unpaired) electrons. The van der Waals surface area contributed by atoms with Gasteiger partial charge in [0.2, 0.25) is 0 Å². The summed E-state index contributed by atoms with van der Waals surface area (Å²) in [4.78, 5) is 38.2. The number of carbonyl (C=O) groups excluding carboxylic acids is 2. The van der Waals surface area contributed by atoms with E-state index in [0.717, 1.165) is 33.6 Å². The third kappa shape index (κ3) is 8.47. The van der Waals surface area contributed by atoms with E-state index in [1.54, 1.807) is 33.5 Å². The number of esters is 1. The van der Waals surface area contributed by atoms with Crippen LogP contribution in [-0.4, -0.2) is 33.5 Å². The van der Waals surface area contributed by atoms with Crippen LogP contribution < -0.4 is 20.9 Å². The van der Waals surface area contributed by atoms with Crippen LogP contribution in [0.1, 0.15) is 64.8 Å². The van der Waals surface area contributed by atoms with Crippen LogP contribution in [0.2, 0.25) is 0 Å². The maximum atomic E-state index is 13.3. The summed E-state index contributed by atoms with van der Waals surface area (Å²) >= 11 is 3.44. The van der Waals surface area contributed by atoms with Crippen LogP contribution in [0.3, 0.4) is 0 Å². The number of ether oxygens (including phenoxy) is 2. The molecule has 49 heavy (non-hydrogen) atoms. The van der Waals surface area contributed by atoms with Crippen molar-refractivity contribution in [1.82, 2.24) is 19.7 Å². The molecule has 11 heteroatoms. The lowest BCUT2D eigenvalue weighted by Gasteiger charge is -2.16. The molecule has 0 aliphatic heterocycles. The fourth-order valence-electron chi connectivity index (χ4n) is 5.14. The maximum Gasteiger partial charge on any atom is 0.337 e. The zero-order valence-electron chi connectivity index (χ0n) is 28.5. The Hall–Kier alpha value is -5.16. The molecule has 2 N–H and O–H groups in total. The van der Waals surface area contributed by atoms with E-state index >= 15 is 0 Å². The van der Waals surface area contributed by atoms with E-state index in [1.165, 1.54) is 7.11 Å². The van der Waals surface area contributed by atoms with Gasteiger partial charge in [0.1, 0.15) is 22.6 Å². The van der Waals surface area contributed by atoms with Gasteiger partial charge in [-0.3, -0.25) is 10.1 Å². The molecular weight excluding hydrogens is 686 g/mol. The molecule has 0 fully saturated rings. The Kier molecular flexibility index (Phi) is 10.7. The topological polar surface area (TPSA) is 116 Å². The fraction of sp³-hybridized carbons (Fsp3) is 0.263. The van der Waals surface area contributed by atoms with Crippen molar-refractivity contribution in [2.24, 2.45) is 0 Å². The average Bonchev–Trinajstić information content (AvgIpc) is 3.51. The minimum absolute atomic E-state index is 0.186. The van der Waals surface area contributed by atoms with Crippen LogP contribution >= 0.6 is 15.9 Å². The van der Waals surface area contributed by atoms with Gasteiger partial charge < -0.3 is 19.4 Å². The van der Waals surface area contributed by atoms with Crippen molar-refractivity contribution in [2.45, 2.75) is 59.7 Å². The Balaban J connectivity index is 1.25. The highest BCUT2D eigenvalue weighted by Gasteiger charge is 2.22. The zero-order chi connectivity index (χ0) is 35.3. The van der Waals surface area contributed by atoms with Crippen LogP contribution in [-0.2, 0) is 29.8 Å². The van der Waals surface area contributed by atoms with Gasteiger partial charge in [0, 0.05) is 29.8 Å². The van der Waals surface area contributed by atoms with Gasteiger partial charge >= 0.3 is 12.0 Å². The predicted octanol–water partition coefficient (Wildman–Crippen LogP) is 7.45.